The lowest BCUT2D eigenvalue weighted by Gasteiger charge is -2.17. The first-order valence-corrected chi connectivity index (χ1v) is 6.24. The lowest BCUT2D eigenvalue weighted by Crippen LogP contribution is -2.22. The first kappa shape index (κ1) is 13.0. The molecular weight excluding hydrogens is 224 g/mol. The van der Waals surface area contributed by atoms with Crippen LogP contribution < -0.4 is 4.90 Å². The van der Waals surface area contributed by atoms with Crippen LogP contribution in [-0.2, 0) is 11.2 Å². The predicted molar refractivity (Wildman–Crippen MR) is 66.2 cm³/mol. The van der Waals surface area contributed by atoms with E-state index in [0.717, 1.165) is 17.4 Å². The van der Waals surface area contributed by atoms with E-state index in [0.29, 0.717) is 12.3 Å². The largest absolute Gasteiger partial charge is 0.481 e. The smallest absolute Gasteiger partial charge is 0.303 e. The van der Waals surface area contributed by atoms with E-state index in [1.165, 1.54) is 0 Å². The molecule has 0 unspecified atom stereocenters. The summed E-state index contributed by atoms with van der Waals surface area (Å²) in [5.41, 5.74) is 0.873. The van der Waals surface area contributed by atoms with Crippen LogP contribution in [0.3, 0.4) is 0 Å². The number of aryl methyl sites for hydroxylation is 1. The number of thiazole rings is 1. The Hall–Kier alpha value is -1.10. The van der Waals surface area contributed by atoms with Crippen LogP contribution >= 0.6 is 11.3 Å². The molecule has 0 atom stereocenters. The van der Waals surface area contributed by atoms with Crippen molar-refractivity contribution in [2.24, 2.45) is 5.92 Å². The highest BCUT2D eigenvalue weighted by Gasteiger charge is 2.09. The van der Waals surface area contributed by atoms with E-state index in [1.54, 1.807) is 11.3 Å². The minimum Gasteiger partial charge on any atom is -0.481 e. The van der Waals surface area contributed by atoms with Gasteiger partial charge in [-0.2, -0.15) is 0 Å². The Bertz CT molecular complexity index is 350. The maximum Gasteiger partial charge on any atom is 0.303 e. The number of carboxylic acids is 1. The fraction of sp³-hybridized carbons (Fsp3) is 0.636. The number of anilines is 1. The van der Waals surface area contributed by atoms with Gasteiger partial charge in [0.05, 0.1) is 12.1 Å². The van der Waals surface area contributed by atoms with Crippen molar-refractivity contribution < 1.29 is 9.90 Å². The molecule has 0 bridgehead atoms. The highest BCUT2D eigenvalue weighted by molar-refractivity contribution is 7.13. The quantitative estimate of drug-likeness (QED) is 0.831. The average Bonchev–Trinajstić information content (AvgIpc) is 2.61. The number of hydrogen-bond acceptors (Lipinski definition) is 4. The lowest BCUT2D eigenvalue weighted by molar-refractivity contribution is -0.136. The second-order valence-electron chi connectivity index (χ2n) is 4.29. The third-order valence-electron chi connectivity index (χ3n) is 2.10. The molecule has 1 aromatic rings. The van der Waals surface area contributed by atoms with Crippen molar-refractivity contribution in [2.75, 3.05) is 18.5 Å². The summed E-state index contributed by atoms with van der Waals surface area (Å²) in [6.45, 7) is 5.29. The third kappa shape index (κ3) is 4.18. The zero-order valence-electron chi connectivity index (χ0n) is 9.93. The Morgan fingerprint density at radius 1 is 1.62 bits per heavy atom. The van der Waals surface area contributed by atoms with Gasteiger partial charge in [-0.1, -0.05) is 13.8 Å². The lowest BCUT2D eigenvalue weighted by atomic mass is 10.2. The molecule has 0 spiro atoms. The highest BCUT2D eigenvalue weighted by atomic mass is 32.1. The van der Waals surface area contributed by atoms with Crippen LogP contribution in [0.15, 0.2) is 5.38 Å². The zero-order chi connectivity index (χ0) is 12.1. The highest BCUT2D eigenvalue weighted by Crippen LogP contribution is 2.20. The number of carbonyl (C=O) groups is 1. The first-order valence-electron chi connectivity index (χ1n) is 5.36. The summed E-state index contributed by atoms with van der Waals surface area (Å²) < 4.78 is 0. The van der Waals surface area contributed by atoms with Gasteiger partial charge < -0.3 is 10.0 Å². The maximum atomic E-state index is 10.4. The molecule has 0 aliphatic carbocycles. The van der Waals surface area contributed by atoms with E-state index in [1.807, 2.05) is 12.4 Å². The summed E-state index contributed by atoms with van der Waals surface area (Å²) in [7, 11) is 2.01. The average molecular weight is 242 g/mol. The standard InChI is InChI=1S/C11H18N2O2S/c1-8(2)6-13(3)11-12-9(7-16-11)4-5-10(14)15/h7-8H,4-6H2,1-3H3,(H,14,15). The number of carboxylic acid groups (broad SMARTS) is 1. The molecule has 16 heavy (non-hydrogen) atoms. The summed E-state index contributed by atoms with van der Waals surface area (Å²) >= 11 is 1.57. The van der Waals surface area contributed by atoms with Crippen LogP contribution in [0.4, 0.5) is 5.13 Å². The van der Waals surface area contributed by atoms with Crippen molar-refractivity contribution in [1.29, 1.82) is 0 Å². The third-order valence-corrected chi connectivity index (χ3v) is 3.10. The van der Waals surface area contributed by atoms with Crippen molar-refractivity contribution in [3.63, 3.8) is 0 Å². The fourth-order valence-corrected chi connectivity index (χ4v) is 2.28. The summed E-state index contributed by atoms with van der Waals surface area (Å²) in [5, 5.41) is 11.5. The van der Waals surface area contributed by atoms with Crippen LogP contribution in [0, 0.1) is 5.92 Å². The van der Waals surface area contributed by atoms with Gasteiger partial charge in [-0.3, -0.25) is 4.79 Å². The van der Waals surface area contributed by atoms with Crippen molar-refractivity contribution in [1.82, 2.24) is 4.98 Å². The van der Waals surface area contributed by atoms with E-state index in [4.69, 9.17) is 5.11 Å². The molecule has 1 rings (SSSR count). The molecular formula is C11H18N2O2S. The van der Waals surface area contributed by atoms with E-state index < -0.39 is 5.97 Å². The Morgan fingerprint density at radius 2 is 2.31 bits per heavy atom. The summed E-state index contributed by atoms with van der Waals surface area (Å²) in [6, 6.07) is 0. The number of hydrogen-bond donors (Lipinski definition) is 1. The molecule has 0 aliphatic rings. The van der Waals surface area contributed by atoms with Crippen molar-refractivity contribution >= 4 is 22.4 Å². The number of nitrogens with zero attached hydrogens (tertiary/aromatic N) is 2. The first-order chi connectivity index (χ1) is 7.49. The Morgan fingerprint density at radius 3 is 2.88 bits per heavy atom. The van der Waals surface area contributed by atoms with Gasteiger partial charge in [-0.05, 0) is 5.92 Å². The second-order valence-corrected chi connectivity index (χ2v) is 5.13. The molecule has 5 heteroatoms. The summed E-state index contributed by atoms with van der Waals surface area (Å²) in [4.78, 5) is 17.0. The van der Waals surface area contributed by atoms with E-state index in [-0.39, 0.29) is 6.42 Å². The van der Waals surface area contributed by atoms with Crippen LogP contribution in [-0.4, -0.2) is 29.7 Å². The van der Waals surface area contributed by atoms with Gasteiger partial charge in [0, 0.05) is 25.4 Å². The molecule has 90 valence electrons. The molecule has 1 aromatic heterocycles. The fourth-order valence-electron chi connectivity index (χ4n) is 1.45. The molecule has 0 saturated heterocycles. The number of rotatable bonds is 6. The minimum absolute atomic E-state index is 0.150. The Kier molecular flexibility index (Phi) is 4.73. The van der Waals surface area contributed by atoms with Gasteiger partial charge in [-0.15, -0.1) is 11.3 Å². The Labute approximate surface area is 99.9 Å². The van der Waals surface area contributed by atoms with Gasteiger partial charge in [0.25, 0.3) is 0 Å². The van der Waals surface area contributed by atoms with Gasteiger partial charge in [-0.25, -0.2) is 4.98 Å². The van der Waals surface area contributed by atoms with Gasteiger partial charge in [0.2, 0.25) is 0 Å². The van der Waals surface area contributed by atoms with E-state index in [2.05, 4.69) is 23.7 Å². The molecule has 1 N–H and O–H groups in total. The molecule has 0 saturated carbocycles. The maximum absolute atomic E-state index is 10.4. The normalized spacial score (nSPS) is 10.8. The summed E-state index contributed by atoms with van der Waals surface area (Å²) in [6.07, 6.45) is 0.665. The number of aromatic nitrogens is 1. The number of aliphatic carboxylic acids is 1. The molecule has 0 fully saturated rings. The Balaban J connectivity index is 2.53. The molecule has 0 radical (unpaired) electrons. The SMILES string of the molecule is CC(C)CN(C)c1nc(CCC(=O)O)cs1. The monoisotopic (exact) mass is 242 g/mol. The molecule has 1 heterocycles. The van der Waals surface area contributed by atoms with E-state index >= 15 is 0 Å². The van der Waals surface area contributed by atoms with Crippen molar-refractivity contribution in [3.8, 4) is 0 Å². The van der Waals surface area contributed by atoms with E-state index in [9.17, 15) is 4.79 Å². The molecule has 0 amide bonds. The topological polar surface area (TPSA) is 53.4 Å². The van der Waals surface area contributed by atoms with Crippen LogP contribution in [0.1, 0.15) is 26.0 Å². The van der Waals surface area contributed by atoms with Gasteiger partial charge >= 0.3 is 5.97 Å². The molecule has 0 aromatic carbocycles. The molecule has 4 nitrogen and oxygen atoms in total. The second kappa shape index (κ2) is 5.84. The summed E-state index contributed by atoms with van der Waals surface area (Å²) in [5.74, 6) is -0.179. The zero-order valence-corrected chi connectivity index (χ0v) is 10.8. The van der Waals surface area contributed by atoms with Crippen LogP contribution in [0.2, 0.25) is 0 Å². The van der Waals surface area contributed by atoms with Crippen LogP contribution in [0.25, 0.3) is 0 Å². The van der Waals surface area contributed by atoms with Crippen LogP contribution in [0.5, 0.6) is 0 Å². The predicted octanol–water partition coefficient (Wildman–Crippen LogP) is 2.25. The minimum atomic E-state index is -0.773. The van der Waals surface area contributed by atoms with Gasteiger partial charge in [0.1, 0.15) is 0 Å². The molecule has 0 aliphatic heterocycles. The van der Waals surface area contributed by atoms with Gasteiger partial charge in [0.15, 0.2) is 5.13 Å². The van der Waals surface area contributed by atoms with Crippen molar-refractivity contribution in [3.05, 3.63) is 11.1 Å². The van der Waals surface area contributed by atoms with Crippen molar-refractivity contribution in [2.45, 2.75) is 26.7 Å².